The number of para-hydroxylation sites is 1. The van der Waals surface area contributed by atoms with Gasteiger partial charge in [-0.15, -0.1) is 0 Å². The van der Waals surface area contributed by atoms with Crippen molar-refractivity contribution < 1.29 is 21.5 Å². The fourth-order valence-corrected chi connectivity index (χ4v) is 2.02. The molecule has 1 nitrogen and oxygen atoms in total. The summed E-state index contributed by atoms with van der Waals surface area (Å²) < 4.78 is 3.79. The van der Waals surface area contributed by atoms with Gasteiger partial charge in [-0.25, -0.2) is 0 Å². The summed E-state index contributed by atoms with van der Waals surface area (Å²) in [6, 6.07) is 10.6. The van der Waals surface area contributed by atoms with Crippen molar-refractivity contribution in [3.63, 3.8) is 0 Å². The first kappa shape index (κ1) is 5.53. The van der Waals surface area contributed by atoms with E-state index in [0.29, 0.717) is 21.5 Å². The molecule has 0 bridgehead atoms. The Hall–Kier alpha value is -0.250. The van der Waals surface area contributed by atoms with E-state index in [-0.39, 0.29) is 0 Å². The average molecular weight is 232 g/mol. The summed E-state index contributed by atoms with van der Waals surface area (Å²) in [5.74, 6) is 0. The van der Waals surface area contributed by atoms with Gasteiger partial charge in [-0.1, -0.05) is 0 Å². The second kappa shape index (κ2) is 2.17. The molecular weight excluding hydrogens is 225 g/mol. The van der Waals surface area contributed by atoms with Crippen LogP contribution in [0.5, 0.6) is 0 Å². The predicted octanol–water partition coefficient (Wildman–Crippen LogP) is -1.53. The van der Waals surface area contributed by atoms with Gasteiger partial charge in [0.2, 0.25) is 0 Å². The molecule has 0 amide bonds. The Balaban J connectivity index is 2.29. The zero-order chi connectivity index (χ0) is 6.10. The van der Waals surface area contributed by atoms with Gasteiger partial charge in [0.05, 0.1) is 0 Å². The number of hydrogen-bond donors (Lipinski definition) is 0. The molecule has 0 unspecified atom stereocenters. The molecule has 2 rings (SSSR count). The summed E-state index contributed by atoms with van der Waals surface area (Å²) in [7, 11) is 0. The number of halogens is 1. The maximum atomic E-state index is 2.44. The molecule has 9 heavy (non-hydrogen) atoms. The Kier molecular flexibility index (Phi) is 1.33. The molecule has 0 spiro atoms. The first-order valence-electron chi connectivity index (χ1n) is 2.89. The van der Waals surface area contributed by atoms with Crippen LogP contribution in [0.3, 0.4) is 0 Å². The second-order valence-electron chi connectivity index (χ2n) is 1.94. The van der Waals surface area contributed by atoms with Crippen molar-refractivity contribution in [2.75, 3.05) is 7.66 Å². The molecule has 0 aliphatic carbocycles. The number of nitrogens with zero attached hydrogens (tertiary/aromatic N) is 1. The Morgan fingerprint density at radius 1 is 1.22 bits per heavy atom. The van der Waals surface area contributed by atoms with E-state index in [1.54, 1.807) is 0 Å². The van der Waals surface area contributed by atoms with Crippen LogP contribution in [0.2, 0.25) is 0 Å². The minimum atomic E-state index is 0.429. The van der Waals surface area contributed by atoms with E-state index in [1.807, 2.05) is 0 Å². The predicted molar refractivity (Wildman–Crippen MR) is 33.8 cm³/mol. The summed E-state index contributed by atoms with van der Waals surface area (Å²) in [5.41, 5.74) is 1.41. The number of rotatable bonds is 1. The molecule has 1 aromatic carbocycles. The molecule has 2 heteroatoms. The summed E-state index contributed by atoms with van der Waals surface area (Å²) in [4.78, 5) is 0. The Morgan fingerprint density at radius 2 is 1.89 bits per heavy atom. The molecule has 1 heterocycles. The molecule has 0 saturated carbocycles. The van der Waals surface area contributed by atoms with Gasteiger partial charge in [-0.2, -0.15) is 0 Å². The molecule has 1 aromatic rings. The molecule has 0 radical (unpaired) electrons. The Morgan fingerprint density at radius 3 is 2.44 bits per heavy atom. The van der Waals surface area contributed by atoms with Crippen LogP contribution in [-0.4, -0.2) is 4.55 Å². The molecule has 48 valence electrons. The van der Waals surface area contributed by atoms with Crippen molar-refractivity contribution >= 4 is 5.69 Å². The van der Waals surface area contributed by atoms with Gasteiger partial charge in [0.25, 0.3) is 0 Å². The van der Waals surface area contributed by atoms with Crippen LogP contribution in [0, 0.1) is 0 Å². The van der Waals surface area contributed by atoms with Crippen molar-refractivity contribution in [2.45, 2.75) is 0 Å². The van der Waals surface area contributed by atoms with Crippen LogP contribution >= 0.6 is 0 Å². The fourth-order valence-electron chi connectivity index (χ4n) is 0.754. The summed E-state index contributed by atoms with van der Waals surface area (Å²) in [6.45, 7) is 0. The Bertz CT molecular complexity index is 193. The molecule has 0 atom stereocenters. The van der Waals surface area contributed by atoms with Gasteiger partial charge in [-0.3, -0.25) is 0 Å². The summed E-state index contributed by atoms with van der Waals surface area (Å²) in [5, 5.41) is 0. The van der Waals surface area contributed by atoms with Gasteiger partial charge in [0.1, 0.15) is 0 Å². The van der Waals surface area contributed by atoms with Crippen LogP contribution in [0.4, 0.5) is 5.69 Å². The molecule has 0 N–H and O–H groups in total. The fraction of sp³-hybridized carbons (Fsp3) is 0.143. The van der Waals surface area contributed by atoms with Crippen LogP contribution in [0.15, 0.2) is 30.3 Å². The van der Waals surface area contributed by atoms with E-state index in [9.17, 15) is 0 Å². The third kappa shape index (κ3) is 1.18. The van der Waals surface area contributed by atoms with Gasteiger partial charge < -0.3 is 0 Å². The Labute approximate surface area is 65.3 Å². The maximum absolute atomic E-state index is 2.44. The standard InChI is InChI=1S/C7H7IN/c1-2-4-7(5-3-1)9-6-8-9/h1-5H,6H2/q-1. The average Bonchev–Trinajstić information content (AvgIpc) is 2.71. The molecule has 1 saturated heterocycles. The zero-order valence-corrected chi connectivity index (χ0v) is 7.08. The van der Waals surface area contributed by atoms with Crippen LogP contribution in [0.1, 0.15) is 0 Å². The minimum absolute atomic E-state index is 0.429. The van der Waals surface area contributed by atoms with Gasteiger partial charge in [0, 0.05) is 0 Å². The van der Waals surface area contributed by atoms with Crippen LogP contribution in [-0.2, 0) is 0 Å². The summed E-state index contributed by atoms with van der Waals surface area (Å²) >= 11 is 0.429. The molecule has 1 aliphatic rings. The van der Waals surface area contributed by atoms with E-state index in [0.717, 1.165) is 0 Å². The number of hydrogen-bond acceptors (Lipinski definition) is 1. The van der Waals surface area contributed by atoms with E-state index < -0.39 is 0 Å². The number of anilines is 1. The zero-order valence-electron chi connectivity index (χ0n) is 4.92. The first-order valence-corrected chi connectivity index (χ1v) is 5.38. The second-order valence-corrected chi connectivity index (χ2v) is 4.47. The van der Waals surface area contributed by atoms with Gasteiger partial charge in [0.15, 0.2) is 0 Å². The number of benzene rings is 1. The van der Waals surface area contributed by atoms with Crippen molar-refractivity contribution in [3.05, 3.63) is 30.3 Å². The first-order chi connectivity index (χ1) is 4.47. The molecule has 0 aromatic heterocycles. The molecule has 1 aliphatic heterocycles. The normalized spacial score (nSPS) is 16.7. The van der Waals surface area contributed by atoms with Crippen molar-refractivity contribution in [1.82, 2.24) is 0 Å². The van der Waals surface area contributed by atoms with E-state index in [4.69, 9.17) is 0 Å². The van der Waals surface area contributed by atoms with Crippen LogP contribution in [0.25, 0.3) is 0 Å². The third-order valence-corrected chi connectivity index (χ3v) is 3.20. The van der Waals surface area contributed by atoms with Crippen molar-refractivity contribution in [2.24, 2.45) is 0 Å². The van der Waals surface area contributed by atoms with Crippen LogP contribution < -0.4 is 24.6 Å². The van der Waals surface area contributed by atoms with Gasteiger partial charge >= 0.3 is 65.2 Å². The topological polar surface area (TPSA) is 3.01 Å². The van der Waals surface area contributed by atoms with Crippen molar-refractivity contribution in [3.8, 4) is 0 Å². The number of alkyl halides is 1. The van der Waals surface area contributed by atoms with E-state index in [2.05, 4.69) is 33.4 Å². The quantitative estimate of drug-likeness (QED) is 0.186. The summed E-state index contributed by atoms with van der Waals surface area (Å²) in [6.07, 6.45) is 0. The molecular formula is C7H7IN-. The van der Waals surface area contributed by atoms with E-state index in [1.165, 1.54) is 10.2 Å². The monoisotopic (exact) mass is 232 g/mol. The van der Waals surface area contributed by atoms with Crippen molar-refractivity contribution in [1.29, 1.82) is 0 Å². The third-order valence-electron chi connectivity index (χ3n) is 1.28. The van der Waals surface area contributed by atoms with E-state index >= 15 is 0 Å². The molecule has 1 fully saturated rings. The van der Waals surface area contributed by atoms with Gasteiger partial charge in [-0.05, 0) is 0 Å². The SMILES string of the molecule is c1ccc(N2C[I-]2)cc1.